The summed E-state index contributed by atoms with van der Waals surface area (Å²) in [5.41, 5.74) is 3.65. The number of amides is 1. The first-order valence-electron chi connectivity index (χ1n) is 9.43. The fraction of sp³-hybridized carbons (Fsp3) is 0.500. The topological polar surface area (TPSA) is 47.4 Å². The molecule has 5 nitrogen and oxygen atoms in total. The number of aromatic nitrogens is 2. The summed E-state index contributed by atoms with van der Waals surface area (Å²) in [5, 5.41) is 0.789. The van der Waals surface area contributed by atoms with Crippen LogP contribution in [0.2, 0.25) is 0 Å². The van der Waals surface area contributed by atoms with Crippen molar-refractivity contribution in [3.63, 3.8) is 0 Å². The Bertz CT molecular complexity index is 769. The van der Waals surface area contributed by atoms with Gasteiger partial charge in [0.2, 0.25) is 5.91 Å². The standard InChI is InChI=1S/C20H25N3O2S/c1-15(19(24)22-11-13-25-14-12-22)26-20-21-17-9-5-6-10-18(17)23(20)16-7-3-2-4-8-16/h2-4,7-8,15H,5-6,9-14H2,1H3. The maximum atomic E-state index is 12.8. The van der Waals surface area contributed by atoms with Gasteiger partial charge in [0, 0.05) is 24.5 Å². The Morgan fingerprint density at radius 3 is 2.65 bits per heavy atom. The van der Waals surface area contributed by atoms with Crippen LogP contribution in [0.25, 0.3) is 5.69 Å². The summed E-state index contributed by atoms with van der Waals surface area (Å²) in [5.74, 6) is 0.180. The normalized spacial score (nSPS) is 18.4. The monoisotopic (exact) mass is 371 g/mol. The average molecular weight is 372 g/mol. The zero-order valence-electron chi connectivity index (χ0n) is 15.2. The molecule has 0 bridgehead atoms. The van der Waals surface area contributed by atoms with Gasteiger partial charge in [0.15, 0.2) is 5.16 Å². The minimum atomic E-state index is -0.153. The Balaban J connectivity index is 1.61. The van der Waals surface area contributed by atoms with Gasteiger partial charge in [0.25, 0.3) is 0 Å². The molecule has 1 fully saturated rings. The van der Waals surface area contributed by atoms with Gasteiger partial charge in [-0.25, -0.2) is 4.98 Å². The quantitative estimate of drug-likeness (QED) is 0.775. The number of ether oxygens (including phenoxy) is 1. The highest BCUT2D eigenvalue weighted by molar-refractivity contribution is 8.00. The molecule has 1 aromatic heterocycles. The molecule has 1 atom stereocenters. The van der Waals surface area contributed by atoms with E-state index in [1.165, 1.54) is 24.2 Å². The number of carbonyl (C=O) groups excluding carboxylic acids is 1. The molecule has 0 saturated carbocycles. The van der Waals surface area contributed by atoms with Crippen molar-refractivity contribution in [2.45, 2.75) is 43.0 Å². The minimum Gasteiger partial charge on any atom is -0.378 e. The molecule has 2 aliphatic rings. The summed E-state index contributed by atoms with van der Waals surface area (Å²) in [4.78, 5) is 19.6. The number of hydrogen-bond acceptors (Lipinski definition) is 4. The Morgan fingerprint density at radius 2 is 1.88 bits per heavy atom. The van der Waals surface area contributed by atoms with Crippen molar-refractivity contribution in [3.05, 3.63) is 41.7 Å². The van der Waals surface area contributed by atoms with E-state index in [1.807, 2.05) is 17.9 Å². The lowest BCUT2D eigenvalue weighted by atomic mass is 10.0. The molecule has 1 amide bonds. The highest BCUT2D eigenvalue weighted by Gasteiger charge is 2.27. The van der Waals surface area contributed by atoms with Crippen LogP contribution in [0, 0.1) is 0 Å². The molecule has 1 saturated heterocycles. The van der Waals surface area contributed by atoms with E-state index < -0.39 is 0 Å². The van der Waals surface area contributed by atoms with Gasteiger partial charge in [0.05, 0.1) is 24.2 Å². The number of para-hydroxylation sites is 1. The molecule has 1 unspecified atom stereocenters. The van der Waals surface area contributed by atoms with Gasteiger partial charge < -0.3 is 9.64 Å². The van der Waals surface area contributed by atoms with Gasteiger partial charge in [-0.2, -0.15) is 0 Å². The van der Waals surface area contributed by atoms with Gasteiger partial charge in [-0.3, -0.25) is 9.36 Å². The lowest BCUT2D eigenvalue weighted by Gasteiger charge is -2.29. The molecule has 2 heterocycles. The summed E-state index contributed by atoms with van der Waals surface area (Å²) in [6.45, 7) is 4.64. The molecule has 1 aliphatic carbocycles. The first-order chi connectivity index (χ1) is 12.7. The molecule has 6 heteroatoms. The van der Waals surface area contributed by atoms with Crippen LogP contribution >= 0.6 is 11.8 Å². The minimum absolute atomic E-state index is 0.153. The van der Waals surface area contributed by atoms with E-state index in [9.17, 15) is 4.79 Å². The maximum absolute atomic E-state index is 12.8. The number of rotatable bonds is 4. The van der Waals surface area contributed by atoms with Crippen LogP contribution < -0.4 is 0 Å². The van der Waals surface area contributed by atoms with E-state index in [0.717, 1.165) is 23.7 Å². The van der Waals surface area contributed by atoms with Gasteiger partial charge in [-0.1, -0.05) is 30.0 Å². The van der Waals surface area contributed by atoms with Crippen molar-refractivity contribution in [1.82, 2.24) is 14.5 Å². The van der Waals surface area contributed by atoms with E-state index >= 15 is 0 Å². The second kappa shape index (κ2) is 7.84. The summed E-state index contributed by atoms with van der Waals surface area (Å²) < 4.78 is 7.63. The predicted octanol–water partition coefficient (Wildman–Crippen LogP) is 3.09. The largest absolute Gasteiger partial charge is 0.378 e. The molecular weight excluding hydrogens is 346 g/mol. The lowest BCUT2D eigenvalue weighted by molar-refractivity contribution is -0.134. The molecule has 0 spiro atoms. The van der Waals surface area contributed by atoms with Gasteiger partial charge in [-0.05, 0) is 44.7 Å². The first-order valence-corrected chi connectivity index (χ1v) is 10.3. The molecule has 2 aromatic rings. The van der Waals surface area contributed by atoms with Crippen molar-refractivity contribution in [2.24, 2.45) is 0 Å². The van der Waals surface area contributed by atoms with E-state index in [-0.39, 0.29) is 11.2 Å². The smallest absolute Gasteiger partial charge is 0.236 e. The fourth-order valence-electron chi connectivity index (χ4n) is 3.69. The van der Waals surface area contributed by atoms with Crippen LogP contribution in [-0.2, 0) is 22.4 Å². The molecule has 26 heavy (non-hydrogen) atoms. The maximum Gasteiger partial charge on any atom is 0.236 e. The van der Waals surface area contributed by atoms with Crippen molar-refractivity contribution in [3.8, 4) is 5.69 Å². The van der Waals surface area contributed by atoms with E-state index in [2.05, 4.69) is 28.8 Å². The van der Waals surface area contributed by atoms with Gasteiger partial charge in [0.1, 0.15) is 0 Å². The van der Waals surface area contributed by atoms with Crippen molar-refractivity contribution in [2.75, 3.05) is 26.3 Å². The van der Waals surface area contributed by atoms with Crippen molar-refractivity contribution in [1.29, 1.82) is 0 Å². The molecule has 1 aromatic carbocycles. The Hall–Kier alpha value is -1.79. The number of aryl methyl sites for hydroxylation is 1. The molecule has 0 N–H and O–H groups in total. The first kappa shape index (κ1) is 17.6. The van der Waals surface area contributed by atoms with Crippen LogP contribution in [0.5, 0.6) is 0 Å². The Kier molecular flexibility index (Phi) is 5.31. The number of carbonyl (C=O) groups is 1. The second-order valence-corrected chi connectivity index (χ2v) is 8.17. The van der Waals surface area contributed by atoms with Crippen LogP contribution in [0.1, 0.15) is 31.2 Å². The third-order valence-electron chi connectivity index (χ3n) is 5.07. The second-order valence-electron chi connectivity index (χ2n) is 6.86. The summed E-state index contributed by atoms with van der Waals surface area (Å²) in [6, 6.07) is 10.4. The average Bonchev–Trinajstić information content (AvgIpc) is 3.06. The third-order valence-corrected chi connectivity index (χ3v) is 6.11. The van der Waals surface area contributed by atoms with E-state index in [1.54, 1.807) is 11.8 Å². The van der Waals surface area contributed by atoms with E-state index in [4.69, 9.17) is 9.72 Å². The number of morpholine rings is 1. The van der Waals surface area contributed by atoms with Crippen molar-refractivity contribution >= 4 is 17.7 Å². The van der Waals surface area contributed by atoms with Gasteiger partial charge in [-0.15, -0.1) is 0 Å². The van der Waals surface area contributed by atoms with Crippen LogP contribution in [-0.4, -0.2) is 51.9 Å². The fourth-order valence-corrected chi connectivity index (χ4v) is 4.74. The van der Waals surface area contributed by atoms with Crippen LogP contribution in [0.3, 0.4) is 0 Å². The molecular formula is C20H25N3O2S. The third kappa shape index (κ3) is 3.53. The number of nitrogens with zero attached hydrogens (tertiary/aromatic N) is 3. The summed E-state index contributed by atoms with van der Waals surface area (Å²) >= 11 is 1.58. The molecule has 4 rings (SSSR count). The number of imidazole rings is 1. The SMILES string of the molecule is CC(Sc1nc2c(n1-c1ccccc1)CCCC2)C(=O)N1CCOCC1. The number of fused-ring (bicyclic) bond motifs is 1. The van der Waals surface area contributed by atoms with E-state index in [0.29, 0.717) is 26.3 Å². The lowest BCUT2D eigenvalue weighted by Crippen LogP contribution is -2.44. The summed E-state index contributed by atoms with van der Waals surface area (Å²) in [6.07, 6.45) is 4.50. The number of hydrogen-bond donors (Lipinski definition) is 0. The Morgan fingerprint density at radius 1 is 1.15 bits per heavy atom. The highest BCUT2D eigenvalue weighted by atomic mass is 32.2. The number of benzene rings is 1. The molecule has 0 radical (unpaired) electrons. The number of thioether (sulfide) groups is 1. The zero-order valence-corrected chi connectivity index (χ0v) is 16.0. The van der Waals surface area contributed by atoms with Crippen LogP contribution in [0.15, 0.2) is 35.5 Å². The van der Waals surface area contributed by atoms with Crippen LogP contribution in [0.4, 0.5) is 0 Å². The highest BCUT2D eigenvalue weighted by Crippen LogP contribution is 2.33. The zero-order chi connectivity index (χ0) is 17.9. The van der Waals surface area contributed by atoms with Crippen molar-refractivity contribution < 1.29 is 9.53 Å². The Labute approximate surface area is 158 Å². The molecule has 138 valence electrons. The molecule has 1 aliphatic heterocycles. The van der Waals surface area contributed by atoms with Gasteiger partial charge >= 0.3 is 0 Å². The predicted molar refractivity (Wildman–Crippen MR) is 103 cm³/mol. The summed E-state index contributed by atoms with van der Waals surface area (Å²) in [7, 11) is 0.